The van der Waals surface area contributed by atoms with Crippen molar-refractivity contribution in [3.8, 4) is 17.0 Å². The third-order valence-corrected chi connectivity index (χ3v) is 4.85. The number of nitrogens with one attached hydrogen (secondary N) is 1. The topological polar surface area (TPSA) is 55.6 Å². The lowest BCUT2D eigenvalue weighted by Gasteiger charge is -2.16. The number of halogens is 1. The number of hydrogen-bond donors (Lipinski definition) is 1. The minimum absolute atomic E-state index is 0.252. The van der Waals surface area contributed by atoms with Crippen LogP contribution >= 0.6 is 11.6 Å². The monoisotopic (exact) mass is 405 g/mol. The maximum atomic E-state index is 12.7. The summed E-state index contributed by atoms with van der Waals surface area (Å²) in [5, 5.41) is 3.51. The predicted octanol–water partition coefficient (Wildman–Crippen LogP) is 5.37. The standard InChI is InChI=1S/C23H20ClN3O2/c1-15-7-6-12-27-14-21(25-22(15)27)19-10-3-4-11-20(19)26-23(28)16(2)29-18-9-5-8-17(24)13-18/h3-14,16H,1-2H3,(H,26,28). The van der Waals surface area contributed by atoms with Gasteiger partial charge in [-0.2, -0.15) is 0 Å². The van der Waals surface area contributed by atoms with Gasteiger partial charge in [-0.15, -0.1) is 0 Å². The van der Waals surface area contributed by atoms with E-state index in [0.29, 0.717) is 16.5 Å². The van der Waals surface area contributed by atoms with Crippen LogP contribution in [0.15, 0.2) is 73.1 Å². The highest BCUT2D eigenvalue weighted by Crippen LogP contribution is 2.28. The highest BCUT2D eigenvalue weighted by Gasteiger charge is 2.18. The molecule has 1 N–H and O–H groups in total. The Morgan fingerprint density at radius 3 is 2.76 bits per heavy atom. The van der Waals surface area contributed by atoms with Crippen LogP contribution in [0, 0.1) is 6.92 Å². The molecule has 4 aromatic rings. The van der Waals surface area contributed by atoms with Crippen molar-refractivity contribution in [1.29, 1.82) is 0 Å². The van der Waals surface area contributed by atoms with Crippen molar-refractivity contribution in [3.63, 3.8) is 0 Å². The van der Waals surface area contributed by atoms with Gasteiger partial charge in [0, 0.05) is 23.0 Å². The molecule has 0 aliphatic rings. The second kappa shape index (κ2) is 7.97. The number of nitrogens with zero attached hydrogens (tertiary/aromatic N) is 2. The number of carbonyl (C=O) groups is 1. The van der Waals surface area contributed by atoms with E-state index >= 15 is 0 Å². The van der Waals surface area contributed by atoms with Gasteiger partial charge >= 0.3 is 0 Å². The Hall–Kier alpha value is -3.31. The van der Waals surface area contributed by atoms with Crippen molar-refractivity contribution in [2.45, 2.75) is 20.0 Å². The summed E-state index contributed by atoms with van der Waals surface area (Å²) in [6.07, 6.45) is 3.23. The van der Waals surface area contributed by atoms with Crippen molar-refractivity contribution >= 4 is 28.8 Å². The Labute approximate surface area is 173 Å². The third-order valence-electron chi connectivity index (χ3n) is 4.62. The van der Waals surface area contributed by atoms with E-state index in [0.717, 1.165) is 22.5 Å². The first-order valence-electron chi connectivity index (χ1n) is 9.28. The maximum Gasteiger partial charge on any atom is 0.265 e. The van der Waals surface area contributed by atoms with Gasteiger partial charge in [-0.3, -0.25) is 4.79 Å². The zero-order valence-electron chi connectivity index (χ0n) is 16.1. The summed E-state index contributed by atoms with van der Waals surface area (Å²) in [5.74, 6) is 0.293. The average molecular weight is 406 g/mol. The average Bonchev–Trinajstić information content (AvgIpc) is 3.14. The summed E-state index contributed by atoms with van der Waals surface area (Å²) in [7, 11) is 0. The van der Waals surface area contributed by atoms with Crippen LogP contribution in [0.1, 0.15) is 12.5 Å². The van der Waals surface area contributed by atoms with Gasteiger partial charge in [-0.05, 0) is 49.7 Å². The van der Waals surface area contributed by atoms with E-state index < -0.39 is 6.10 Å². The summed E-state index contributed by atoms with van der Waals surface area (Å²) < 4.78 is 7.70. The summed E-state index contributed by atoms with van der Waals surface area (Å²) in [6.45, 7) is 3.72. The number of imidazole rings is 1. The van der Waals surface area contributed by atoms with Crippen LogP contribution in [0.4, 0.5) is 5.69 Å². The molecular formula is C23H20ClN3O2. The summed E-state index contributed by atoms with van der Waals surface area (Å²) >= 11 is 5.98. The minimum Gasteiger partial charge on any atom is -0.481 e. The Morgan fingerprint density at radius 2 is 1.97 bits per heavy atom. The Kier molecular flexibility index (Phi) is 5.23. The Balaban J connectivity index is 1.57. The number of hydrogen-bond acceptors (Lipinski definition) is 3. The molecule has 4 rings (SSSR count). The van der Waals surface area contributed by atoms with Gasteiger partial charge in [0.2, 0.25) is 0 Å². The van der Waals surface area contributed by atoms with Crippen LogP contribution in [0.5, 0.6) is 5.75 Å². The molecule has 2 aromatic carbocycles. The second-order valence-corrected chi connectivity index (χ2v) is 7.24. The molecule has 0 saturated carbocycles. The number of benzene rings is 2. The van der Waals surface area contributed by atoms with E-state index in [4.69, 9.17) is 21.3 Å². The van der Waals surface area contributed by atoms with Crippen LogP contribution in [-0.2, 0) is 4.79 Å². The van der Waals surface area contributed by atoms with Gasteiger partial charge < -0.3 is 14.5 Å². The predicted molar refractivity (Wildman–Crippen MR) is 116 cm³/mol. The van der Waals surface area contributed by atoms with Crippen molar-refractivity contribution in [2.75, 3.05) is 5.32 Å². The van der Waals surface area contributed by atoms with Crippen LogP contribution in [-0.4, -0.2) is 21.4 Å². The van der Waals surface area contributed by atoms with Gasteiger partial charge in [0.25, 0.3) is 5.91 Å². The maximum absolute atomic E-state index is 12.7. The molecule has 2 heterocycles. The van der Waals surface area contributed by atoms with Gasteiger partial charge in [0.1, 0.15) is 11.4 Å². The lowest BCUT2D eigenvalue weighted by Crippen LogP contribution is -2.30. The van der Waals surface area contributed by atoms with Crippen molar-refractivity contribution in [3.05, 3.63) is 83.6 Å². The lowest BCUT2D eigenvalue weighted by atomic mass is 10.1. The summed E-state index contributed by atoms with van der Waals surface area (Å²) in [4.78, 5) is 17.5. The molecule has 0 saturated heterocycles. The quantitative estimate of drug-likeness (QED) is 0.485. The molecule has 0 bridgehead atoms. The number of rotatable bonds is 5. The fourth-order valence-corrected chi connectivity index (χ4v) is 3.31. The van der Waals surface area contributed by atoms with E-state index in [9.17, 15) is 4.79 Å². The van der Waals surface area contributed by atoms with E-state index in [1.807, 2.05) is 60.1 Å². The molecule has 1 atom stereocenters. The highest BCUT2D eigenvalue weighted by atomic mass is 35.5. The van der Waals surface area contributed by atoms with E-state index in [1.54, 1.807) is 31.2 Å². The number of carbonyl (C=O) groups excluding carboxylic acids is 1. The number of aryl methyl sites for hydroxylation is 1. The summed E-state index contributed by atoms with van der Waals surface area (Å²) in [5.41, 5.74) is 4.29. The first kappa shape index (κ1) is 19.0. The molecule has 2 aromatic heterocycles. The molecule has 0 aliphatic carbocycles. The molecule has 0 spiro atoms. The fraction of sp³-hybridized carbons (Fsp3) is 0.130. The third kappa shape index (κ3) is 4.10. The Bertz CT molecular complexity index is 1190. The normalized spacial score (nSPS) is 12.0. The molecule has 146 valence electrons. The molecule has 5 nitrogen and oxygen atoms in total. The lowest BCUT2D eigenvalue weighted by molar-refractivity contribution is -0.122. The zero-order chi connectivity index (χ0) is 20.4. The largest absolute Gasteiger partial charge is 0.481 e. The van der Waals surface area contributed by atoms with Gasteiger partial charge in [0.05, 0.1) is 11.4 Å². The fourth-order valence-electron chi connectivity index (χ4n) is 3.13. The number of amides is 1. The van der Waals surface area contributed by atoms with Crippen LogP contribution in [0.2, 0.25) is 5.02 Å². The van der Waals surface area contributed by atoms with Gasteiger partial charge in [-0.1, -0.05) is 41.9 Å². The molecule has 29 heavy (non-hydrogen) atoms. The van der Waals surface area contributed by atoms with Crippen molar-refractivity contribution in [2.24, 2.45) is 0 Å². The van der Waals surface area contributed by atoms with Crippen LogP contribution in [0.25, 0.3) is 16.9 Å². The number of anilines is 1. The first-order valence-corrected chi connectivity index (χ1v) is 9.66. The number of aromatic nitrogens is 2. The summed E-state index contributed by atoms with van der Waals surface area (Å²) in [6, 6.07) is 18.6. The highest BCUT2D eigenvalue weighted by molar-refractivity contribution is 6.30. The number of pyridine rings is 1. The number of ether oxygens (including phenoxy) is 1. The number of fused-ring (bicyclic) bond motifs is 1. The molecular weight excluding hydrogens is 386 g/mol. The first-order chi connectivity index (χ1) is 14.0. The van der Waals surface area contributed by atoms with E-state index in [1.165, 1.54) is 0 Å². The molecule has 0 aliphatic heterocycles. The Morgan fingerprint density at radius 1 is 1.14 bits per heavy atom. The molecule has 1 amide bonds. The zero-order valence-corrected chi connectivity index (χ0v) is 16.9. The van der Waals surface area contributed by atoms with Crippen LogP contribution < -0.4 is 10.1 Å². The molecule has 6 heteroatoms. The molecule has 0 fully saturated rings. The second-order valence-electron chi connectivity index (χ2n) is 6.80. The van der Waals surface area contributed by atoms with Crippen molar-refractivity contribution in [1.82, 2.24) is 9.38 Å². The van der Waals surface area contributed by atoms with Crippen LogP contribution in [0.3, 0.4) is 0 Å². The van der Waals surface area contributed by atoms with Gasteiger partial charge in [-0.25, -0.2) is 4.98 Å². The van der Waals surface area contributed by atoms with Gasteiger partial charge in [0.15, 0.2) is 6.10 Å². The van der Waals surface area contributed by atoms with E-state index in [-0.39, 0.29) is 5.91 Å². The number of para-hydroxylation sites is 1. The minimum atomic E-state index is -0.690. The van der Waals surface area contributed by atoms with E-state index in [2.05, 4.69) is 5.32 Å². The van der Waals surface area contributed by atoms with Crippen molar-refractivity contribution < 1.29 is 9.53 Å². The molecule has 1 unspecified atom stereocenters. The molecule has 0 radical (unpaired) electrons. The smallest absolute Gasteiger partial charge is 0.265 e. The SMILES string of the molecule is Cc1cccn2cc(-c3ccccc3NC(=O)C(C)Oc3cccc(Cl)c3)nc12.